The van der Waals surface area contributed by atoms with E-state index in [9.17, 15) is 4.79 Å². The molecule has 1 saturated heterocycles. The van der Waals surface area contributed by atoms with Crippen LogP contribution in [-0.4, -0.2) is 25.0 Å². The highest BCUT2D eigenvalue weighted by Gasteiger charge is 2.54. The summed E-state index contributed by atoms with van der Waals surface area (Å²) in [7, 11) is 0. The molecule has 0 aromatic carbocycles. The van der Waals surface area contributed by atoms with E-state index in [2.05, 4.69) is 10.6 Å². The SMILES string of the molecule is O=C(NC1CC12CCCCC2)C1CNC1. The first-order valence-electron chi connectivity index (χ1n) is 6.31. The van der Waals surface area contributed by atoms with Gasteiger partial charge in [0.05, 0.1) is 5.92 Å². The summed E-state index contributed by atoms with van der Waals surface area (Å²) in [4.78, 5) is 11.8. The second-order valence-corrected chi connectivity index (χ2v) is 5.54. The fourth-order valence-corrected chi connectivity index (χ4v) is 3.12. The Hall–Kier alpha value is -0.570. The standard InChI is InChI=1S/C12H20N2O/c15-11(9-7-13-8-9)14-10-6-12(10)4-2-1-3-5-12/h9-10,13H,1-8H2,(H,14,15). The average Bonchev–Trinajstić information content (AvgIpc) is 2.76. The molecule has 2 N–H and O–H groups in total. The Labute approximate surface area is 91.0 Å². The molecule has 0 aromatic heterocycles. The maximum atomic E-state index is 11.8. The molecule has 15 heavy (non-hydrogen) atoms. The zero-order chi connectivity index (χ0) is 10.3. The minimum atomic E-state index is 0.256. The van der Waals surface area contributed by atoms with Gasteiger partial charge in [0.1, 0.15) is 0 Å². The number of amides is 1. The first kappa shape index (κ1) is 9.64. The number of carbonyl (C=O) groups is 1. The second kappa shape index (κ2) is 3.48. The fraction of sp³-hybridized carbons (Fsp3) is 0.917. The van der Waals surface area contributed by atoms with E-state index in [0.29, 0.717) is 17.4 Å². The third kappa shape index (κ3) is 1.67. The van der Waals surface area contributed by atoms with E-state index in [0.717, 1.165) is 13.1 Å². The second-order valence-electron chi connectivity index (χ2n) is 5.54. The summed E-state index contributed by atoms with van der Waals surface area (Å²) in [5.41, 5.74) is 0.533. The van der Waals surface area contributed by atoms with Crippen LogP contribution < -0.4 is 10.6 Å². The summed E-state index contributed by atoms with van der Waals surface area (Å²) in [5.74, 6) is 0.549. The quantitative estimate of drug-likeness (QED) is 0.712. The van der Waals surface area contributed by atoms with E-state index in [-0.39, 0.29) is 5.92 Å². The number of nitrogens with one attached hydrogen (secondary N) is 2. The number of rotatable bonds is 2. The van der Waals surface area contributed by atoms with Crippen molar-refractivity contribution in [3.63, 3.8) is 0 Å². The van der Waals surface area contributed by atoms with E-state index >= 15 is 0 Å². The molecule has 2 aliphatic carbocycles. The van der Waals surface area contributed by atoms with E-state index in [1.807, 2.05) is 0 Å². The van der Waals surface area contributed by atoms with Crippen molar-refractivity contribution in [1.29, 1.82) is 0 Å². The topological polar surface area (TPSA) is 41.1 Å². The van der Waals surface area contributed by atoms with Gasteiger partial charge >= 0.3 is 0 Å². The van der Waals surface area contributed by atoms with Gasteiger partial charge in [0.15, 0.2) is 0 Å². The summed E-state index contributed by atoms with van der Waals surface area (Å²) in [5, 5.41) is 6.38. The third-order valence-corrected chi connectivity index (χ3v) is 4.51. The molecule has 0 aromatic rings. The molecule has 1 amide bonds. The maximum Gasteiger partial charge on any atom is 0.225 e. The highest BCUT2D eigenvalue weighted by atomic mass is 16.2. The van der Waals surface area contributed by atoms with Gasteiger partial charge in [-0.3, -0.25) is 4.79 Å². The van der Waals surface area contributed by atoms with Crippen LogP contribution in [0, 0.1) is 11.3 Å². The Morgan fingerprint density at radius 1 is 1.20 bits per heavy atom. The molecule has 3 nitrogen and oxygen atoms in total. The molecule has 2 saturated carbocycles. The first-order chi connectivity index (χ1) is 7.30. The van der Waals surface area contributed by atoms with Gasteiger partial charge < -0.3 is 10.6 Å². The van der Waals surface area contributed by atoms with Crippen molar-refractivity contribution < 1.29 is 4.79 Å². The fourth-order valence-electron chi connectivity index (χ4n) is 3.12. The third-order valence-electron chi connectivity index (χ3n) is 4.51. The van der Waals surface area contributed by atoms with E-state index in [4.69, 9.17) is 0 Å². The molecule has 1 unspecified atom stereocenters. The van der Waals surface area contributed by atoms with Crippen molar-refractivity contribution in [3.8, 4) is 0 Å². The summed E-state index contributed by atoms with van der Waals surface area (Å²) in [6.07, 6.45) is 8.09. The molecular weight excluding hydrogens is 188 g/mol. The largest absolute Gasteiger partial charge is 0.352 e. The zero-order valence-electron chi connectivity index (χ0n) is 9.22. The molecule has 1 atom stereocenters. The van der Waals surface area contributed by atoms with Crippen LogP contribution in [0.2, 0.25) is 0 Å². The maximum absolute atomic E-state index is 11.8. The van der Waals surface area contributed by atoms with E-state index in [1.54, 1.807) is 0 Å². The smallest absolute Gasteiger partial charge is 0.225 e. The molecule has 84 valence electrons. The van der Waals surface area contributed by atoms with Gasteiger partial charge in [0, 0.05) is 19.1 Å². The van der Waals surface area contributed by atoms with Crippen molar-refractivity contribution in [2.45, 2.75) is 44.6 Å². The van der Waals surface area contributed by atoms with Crippen LogP contribution >= 0.6 is 0 Å². The molecule has 3 rings (SSSR count). The normalized spacial score (nSPS) is 33.5. The monoisotopic (exact) mass is 208 g/mol. The molecule has 1 aliphatic heterocycles. The van der Waals surface area contributed by atoms with Crippen molar-refractivity contribution >= 4 is 5.91 Å². The van der Waals surface area contributed by atoms with Gasteiger partial charge in [-0.2, -0.15) is 0 Å². The molecule has 3 aliphatic rings. The molecule has 0 bridgehead atoms. The number of carbonyl (C=O) groups excluding carboxylic acids is 1. The average molecular weight is 208 g/mol. The van der Waals surface area contributed by atoms with Gasteiger partial charge in [-0.25, -0.2) is 0 Å². The number of hydrogen-bond acceptors (Lipinski definition) is 2. The molecule has 1 heterocycles. The van der Waals surface area contributed by atoms with Crippen LogP contribution in [0.5, 0.6) is 0 Å². The Morgan fingerprint density at radius 3 is 2.53 bits per heavy atom. The van der Waals surface area contributed by atoms with Gasteiger partial charge in [-0.05, 0) is 24.7 Å². The minimum Gasteiger partial charge on any atom is -0.352 e. The zero-order valence-corrected chi connectivity index (χ0v) is 9.22. The Kier molecular flexibility index (Phi) is 2.23. The summed E-state index contributed by atoms with van der Waals surface area (Å²) < 4.78 is 0. The molecule has 0 radical (unpaired) electrons. The van der Waals surface area contributed by atoms with Gasteiger partial charge in [0.2, 0.25) is 5.91 Å². The Balaban J connectivity index is 1.51. The van der Waals surface area contributed by atoms with Crippen molar-refractivity contribution in [3.05, 3.63) is 0 Å². The molecule has 3 fully saturated rings. The van der Waals surface area contributed by atoms with E-state index < -0.39 is 0 Å². The van der Waals surface area contributed by atoms with Crippen LogP contribution in [0.3, 0.4) is 0 Å². The lowest BCUT2D eigenvalue weighted by molar-refractivity contribution is -0.126. The van der Waals surface area contributed by atoms with Crippen molar-refractivity contribution in [2.75, 3.05) is 13.1 Å². The molecule has 1 spiro atoms. The lowest BCUT2D eigenvalue weighted by Crippen LogP contribution is -2.51. The Morgan fingerprint density at radius 2 is 1.93 bits per heavy atom. The van der Waals surface area contributed by atoms with Crippen molar-refractivity contribution in [2.24, 2.45) is 11.3 Å². The molecule has 3 heteroatoms. The van der Waals surface area contributed by atoms with Gasteiger partial charge in [0.25, 0.3) is 0 Å². The van der Waals surface area contributed by atoms with Crippen LogP contribution in [0.1, 0.15) is 38.5 Å². The van der Waals surface area contributed by atoms with Crippen molar-refractivity contribution in [1.82, 2.24) is 10.6 Å². The van der Waals surface area contributed by atoms with Crippen LogP contribution in [0.4, 0.5) is 0 Å². The van der Waals surface area contributed by atoms with Crippen LogP contribution in [-0.2, 0) is 4.79 Å². The first-order valence-corrected chi connectivity index (χ1v) is 6.31. The predicted octanol–water partition coefficient (Wildman–Crippen LogP) is 1.04. The molecular formula is C12H20N2O. The lowest BCUT2D eigenvalue weighted by atomic mass is 9.85. The predicted molar refractivity (Wildman–Crippen MR) is 58.4 cm³/mol. The van der Waals surface area contributed by atoms with Gasteiger partial charge in [-0.15, -0.1) is 0 Å². The summed E-state index contributed by atoms with van der Waals surface area (Å²) in [6, 6.07) is 0.519. The highest BCUT2D eigenvalue weighted by Crippen LogP contribution is 2.56. The van der Waals surface area contributed by atoms with Crippen LogP contribution in [0.25, 0.3) is 0 Å². The number of hydrogen-bond donors (Lipinski definition) is 2. The highest BCUT2D eigenvalue weighted by molar-refractivity contribution is 5.80. The summed E-state index contributed by atoms with van der Waals surface area (Å²) >= 11 is 0. The van der Waals surface area contributed by atoms with Gasteiger partial charge in [-0.1, -0.05) is 19.3 Å². The van der Waals surface area contributed by atoms with E-state index in [1.165, 1.54) is 38.5 Å². The summed E-state index contributed by atoms with van der Waals surface area (Å²) in [6.45, 7) is 1.76. The lowest BCUT2D eigenvalue weighted by Gasteiger charge is -2.27. The Bertz CT molecular complexity index is 267. The van der Waals surface area contributed by atoms with Crippen LogP contribution in [0.15, 0.2) is 0 Å². The minimum absolute atomic E-state index is 0.256.